The molecule has 2 aromatic carbocycles. The second-order valence-electron chi connectivity index (χ2n) is 8.16. The Morgan fingerprint density at radius 1 is 1.10 bits per heavy atom. The molecule has 0 saturated carbocycles. The predicted molar refractivity (Wildman–Crippen MR) is 108 cm³/mol. The topological polar surface area (TPSA) is 53.9 Å². The zero-order valence-electron chi connectivity index (χ0n) is 16.8. The summed E-state index contributed by atoms with van der Waals surface area (Å²) in [7, 11) is 0. The first kappa shape index (κ1) is 20.8. The van der Waals surface area contributed by atoms with E-state index in [9.17, 15) is 13.6 Å². The Balaban J connectivity index is 1.68. The predicted octanol–water partition coefficient (Wildman–Crippen LogP) is 4.47. The third kappa shape index (κ3) is 6.01. The molecule has 0 saturated heterocycles. The Morgan fingerprint density at radius 2 is 1.69 bits per heavy atom. The normalized spacial score (nSPS) is 16.2. The van der Waals surface area contributed by atoms with Crippen LogP contribution in [0.1, 0.15) is 38.3 Å². The Hall–Kier alpha value is -2.96. The van der Waals surface area contributed by atoms with Crippen LogP contribution in [0.15, 0.2) is 53.7 Å². The molecule has 2 amide bonds. The van der Waals surface area contributed by atoms with Crippen LogP contribution in [0.4, 0.5) is 13.6 Å². The first-order chi connectivity index (χ1) is 13.7. The molecule has 7 heteroatoms. The lowest BCUT2D eigenvalue weighted by Gasteiger charge is -2.29. The van der Waals surface area contributed by atoms with Gasteiger partial charge in [0.05, 0.1) is 12.3 Å². The minimum absolute atomic E-state index is 0.236. The van der Waals surface area contributed by atoms with Crippen molar-refractivity contribution >= 4 is 11.7 Å². The number of rotatable bonds is 5. The van der Waals surface area contributed by atoms with E-state index in [-0.39, 0.29) is 23.8 Å². The zero-order valence-corrected chi connectivity index (χ0v) is 16.8. The van der Waals surface area contributed by atoms with Crippen molar-refractivity contribution in [3.63, 3.8) is 0 Å². The number of oxime groups is 1. The summed E-state index contributed by atoms with van der Waals surface area (Å²) in [6.07, 6.45) is 0.190. The van der Waals surface area contributed by atoms with Crippen molar-refractivity contribution in [1.29, 1.82) is 0 Å². The molecule has 1 N–H and O–H groups in total. The molecule has 5 nitrogen and oxygen atoms in total. The third-order valence-electron chi connectivity index (χ3n) is 4.39. The maximum atomic E-state index is 13.2. The van der Waals surface area contributed by atoms with E-state index in [1.807, 2.05) is 20.8 Å². The van der Waals surface area contributed by atoms with Gasteiger partial charge in [0.2, 0.25) is 0 Å². The van der Waals surface area contributed by atoms with Gasteiger partial charge in [-0.3, -0.25) is 0 Å². The fourth-order valence-electron chi connectivity index (χ4n) is 3.01. The molecule has 0 fully saturated rings. The molecule has 0 radical (unpaired) electrons. The van der Waals surface area contributed by atoms with Gasteiger partial charge in [-0.05, 0) is 56.2 Å². The quantitative estimate of drug-likeness (QED) is 0.804. The fraction of sp³-hybridized carbons (Fsp3) is 0.364. The van der Waals surface area contributed by atoms with Gasteiger partial charge >= 0.3 is 6.03 Å². The molecule has 0 bridgehead atoms. The van der Waals surface area contributed by atoms with Crippen molar-refractivity contribution < 1.29 is 18.4 Å². The zero-order chi connectivity index (χ0) is 21.0. The van der Waals surface area contributed by atoms with Crippen LogP contribution in [0, 0.1) is 11.6 Å². The molecule has 1 aliphatic heterocycles. The maximum absolute atomic E-state index is 13.2. The summed E-state index contributed by atoms with van der Waals surface area (Å²) in [5.41, 5.74) is 1.92. The van der Waals surface area contributed by atoms with E-state index in [2.05, 4.69) is 10.5 Å². The number of benzene rings is 2. The van der Waals surface area contributed by atoms with E-state index >= 15 is 0 Å². The molecule has 3 rings (SSSR count). The number of hydrogen-bond acceptors (Lipinski definition) is 3. The van der Waals surface area contributed by atoms with Crippen LogP contribution in [0.5, 0.6) is 0 Å². The number of nitrogens with zero attached hydrogens (tertiary/aromatic N) is 2. The van der Waals surface area contributed by atoms with E-state index in [1.54, 1.807) is 29.2 Å². The summed E-state index contributed by atoms with van der Waals surface area (Å²) in [5.74, 6) is -0.634. The summed E-state index contributed by atoms with van der Waals surface area (Å²) in [6, 6.07) is 11.9. The minimum atomic E-state index is -0.398. The third-order valence-corrected chi connectivity index (χ3v) is 4.39. The lowest BCUT2D eigenvalue weighted by atomic mass is 10.0. The molecule has 154 valence electrons. The average Bonchev–Trinajstić information content (AvgIpc) is 3.11. The van der Waals surface area contributed by atoms with E-state index in [1.165, 1.54) is 24.3 Å². The van der Waals surface area contributed by atoms with Gasteiger partial charge in [0.15, 0.2) is 6.10 Å². The summed E-state index contributed by atoms with van der Waals surface area (Å²) < 4.78 is 26.3. The lowest BCUT2D eigenvalue weighted by Crippen LogP contribution is -2.50. The summed E-state index contributed by atoms with van der Waals surface area (Å²) in [6.45, 7) is 6.34. The number of urea groups is 1. The van der Waals surface area contributed by atoms with Crippen LogP contribution in [0.2, 0.25) is 0 Å². The maximum Gasteiger partial charge on any atom is 0.318 e. The minimum Gasteiger partial charge on any atom is -0.390 e. The largest absolute Gasteiger partial charge is 0.390 e. The first-order valence-corrected chi connectivity index (χ1v) is 9.50. The van der Waals surface area contributed by atoms with Gasteiger partial charge in [0, 0.05) is 18.5 Å². The summed E-state index contributed by atoms with van der Waals surface area (Å²) >= 11 is 0. The highest BCUT2D eigenvalue weighted by Crippen LogP contribution is 2.19. The van der Waals surface area contributed by atoms with Crippen LogP contribution < -0.4 is 5.32 Å². The van der Waals surface area contributed by atoms with Crippen molar-refractivity contribution in [1.82, 2.24) is 10.2 Å². The lowest BCUT2D eigenvalue weighted by molar-refractivity contribution is 0.0580. The van der Waals surface area contributed by atoms with Crippen LogP contribution >= 0.6 is 0 Å². The van der Waals surface area contributed by atoms with Crippen molar-refractivity contribution in [2.45, 2.75) is 45.4 Å². The van der Waals surface area contributed by atoms with E-state index in [0.717, 1.165) is 11.1 Å². The van der Waals surface area contributed by atoms with Gasteiger partial charge in [-0.15, -0.1) is 0 Å². The van der Waals surface area contributed by atoms with E-state index < -0.39 is 5.54 Å². The molecule has 0 aliphatic carbocycles. The van der Waals surface area contributed by atoms with Crippen molar-refractivity contribution in [3.05, 3.63) is 71.3 Å². The highest BCUT2D eigenvalue weighted by Gasteiger charge is 2.28. The Morgan fingerprint density at radius 3 is 2.28 bits per heavy atom. The van der Waals surface area contributed by atoms with Gasteiger partial charge in [-0.2, -0.15) is 0 Å². The molecule has 0 spiro atoms. The molecular weight excluding hydrogens is 376 g/mol. The van der Waals surface area contributed by atoms with Gasteiger partial charge < -0.3 is 15.1 Å². The van der Waals surface area contributed by atoms with Crippen molar-refractivity contribution in [2.24, 2.45) is 5.16 Å². The van der Waals surface area contributed by atoms with Crippen LogP contribution in [0.25, 0.3) is 0 Å². The standard InChI is InChI=1S/C22H25F2N3O2/c1-22(2,3)25-21(28)27(13-15-4-8-17(23)9-5-15)14-19-12-20(26-29-19)16-6-10-18(24)11-7-16/h4-11,19H,12-14H2,1-3H3,(H,25,28)/t19-/m1/s1. The van der Waals surface area contributed by atoms with Crippen molar-refractivity contribution in [3.8, 4) is 0 Å². The highest BCUT2D eigenvalue weighted by molar-refractivity contribution is 6.01. The fourth-order valence-corrected chi connectivity index (χ4v) is 3.01. The molecule has 0 unspecified atom stereocenters. The van der Waals surface area contributed by atoms with Gasteiger partial charge in [0.25, 0.3) is 0 Å². The Bertz CT molecular complexity index is 874. The van der Waals surface area contributed by atoms with Crippen LogP contribution in [-0.2, 0) is 11.4 Å². The summed E-state index contributed by atoms with van der Waals surface area (Å²) in [4.78, 5) is 20.0. The molecule has 2 aromatic rings. The monoisotopic (exact) mass is 401 g/mol. The van der Waals surface area contributed by atoms with Crippen LogP contribution in [0.3, 0.4) is 0 Å². The Labute approximate surface area is 169 Å². The van der Waals surface area contributed by atoms with Gasteiger partial charge in [-0.25, -0.2) is 13.6 Å². The molecule has 1 aliphatic rings. The molecular formula is C22H25F2N3O2. The van der Waals surface area contributed by atoms with E-state index in [4.69, 9.17) is 4.84 Å². The second-order valence-corrected chi connectivity index (χ2v) is 8.16. The number of nitrogens with one attached hydrogen (secondary N) is 1. The first-order valence-electron chi connectivity index (χ1n) is 9.50. The highest BCUT2D eigenvalue weighted by atomic mass is 19.1. The molecule has 1 heterocycles. The van der Waals surface area contributed by atoms with Crippen LogP contribution in [-0.4, -0.2) is 34.8 Å². The average molecular weight is 401 g/mol. The number of hydrogen-bond donors (Lipinski definition) is 1. The smallest absolute Gasteiger partial charge is 0.318 e. The number of halogens is 2. The van der Waals surface area contributed by atoms with E-state index in [0.29, 0.717) is 25.2 Å². The number of carbonyl (C=O) groups excluding carboxylic acids is 1. The molecule has 1 atom stereocenters. The van der Waals surface area contributed by atoms with Crippen molar-refractivity contribution in [2.75, 3.05) is 6.54 Å². The SMILES string of the molecule is CC(C)(C)NC(=O)N(Cc1ccc(F)cc1)C[C@H]1CC(c2ccc(F)cc2)=NO1. The van der Waals surface area contributed by atoms with Gasteiger partial charge in [-0.1, -0.05) is 29.4 Å². The summed E-state index contributed by atoms with van der Waals surface area (Å²) in [5, 5.41) is 7.06. The van der Waals surface area contributed by atoms with Gasteiger partial charge in [0.1, 0.15) is 11.6 Å². The Kier molecular flexibility index (Phi) is 6.15. The number of carbonyl (C=O) groups is 1. The molecule has 0 aromatic heterocycles. The second kappa shape index (κ2) is 8.59. The molecule has 29 heavy (non-hydrogen) atoms. The number of amides is 2.